The minimum Gasteiger partial charge on any atom is -0.460 e. The first kappa shape index (κ1) is 22.8. The molecular formula is C18H18Cl4N2O4S. The molecule has 0 aromatic heterocycles. The molecule has 0 bridgehead atoms. The number of β-lactam (4-membered cyclic amide) rings is 1. The van der Waals surface area contributed by atoms with Crippen molar-refractivity contribution >= 4 is 75.9 Å². The minimum atomic E-state index is -1.77. The topological polar surface area (TPSA) is 75.7 Å². The van der Waals surface area contributed by atoms with E-state index in [9.17, 15) is 14.4 Å². The predicted molar refractivity (Wildman–Crippen MR) is 114 cm³/mol. The number of ether oxygens (including phenoxy) is 1. The number of fused-ring (bicyclic) bond motifs is 1. The summed E-state index contributed by atoms with van der Waals surface area (Å²) < 4.78 is 3.30. The van der Waals surface area contributed by atoms with Crippen LogP contribution in [0, 0.1) is 0 Å². The average Bonchev–Trinajstić information content (AvgIpc) is 2.63. The molecule has 4 atom stereocenters. The van der Waals surface area contributed by atoms with Gasteiger partial charge in [0.05, 0.1) is 11.3 Å². The highest BCUT2D eigenvalue weighted by molar-refractivity contribution is 8.00. The van der Waals surface area contributed by atoms with E-state index in [1.807, 2.05) is 30.3 Å². The second-order valence-corrected chi connectivity index (χ2v) is 11.5. The average molecular weight is 500 g/mol. The summed E-state index contributed by atoms with van der Waals surface area (Å²) >= 11 is 24.8. The number of carbonyl (C=O) groups excluding carboxylic acids is 3. The van der Waals surface area contributed by atoms with Crippen molar-refractivity contribution in [1.29, 1.82) is 0 Å². The normalized spacial score (nSPS) is 28.9. The molecule has 2 heterocycles. The van der Waals surface area contributed by atoms with Crippen LogP contribution in [0.4, 0.5) is 0 Å². The van der Waals surface area contributed by atoms with Crippen LogP contribution < -0.4 is 5.32 Å². The Balaban J connectivity index is 1.66. The first-order valence-corrected chi connectivity index (χ1v) is 11.2. The highest BCUT2D eigenvalue weighted by Gasteiger charge is 2.61. The fourth-order valence-electron chi connectivity index (χ4n) is 3.28. The van der Waals surface area contributed by atoms with Crippen molar-refractivity contribution in [2.45, 2.75) is 39.5 Å². The Morgan fingerprint density at radius 2 is 1.97 bits per heavy atom. The maximum Gasteiger partial charge on any atom is 0.330 e. The van der Waals surface area contributed by atoms with E-state index in [4.69, 9.17) is 51.1 Å². The van der Waals surface area contributed by atoms with Crippen LogP contribution >= 0.6 is 58.2 Å². The number of halogens is 4. The summed E-state index contributed by atoms with van der Waals surface area (Å²) in [5.41, 5.74) is 0.839. The SMILES string of the molecule is CC1(Cl)CS[C@H]2C(NC(=O)Cc3ccccc3)C(=O)N2C1C(=O)OCC(Cl)(Cl)Cl. The Morgan fingerprint density at radius 1 is 1.31 bits per heavy atom. The van der Waals surface area contributed by atoms with Gasteiger partial charge in [0.2, 0.25) is 15.6 Å². The molecule has 1 aromatic carbocycles. The van der Waals surface area contributed by atoms with Gasteiger partial charge >= 0.3 is 5.97 Å². The molecule has 3 rings (SSSR count). The first-order valence-electron chi connectivity index (χ1n) is 8.69. The maximum absolute atomic E-state index is 12.7. The molecule has 2 saturated heterocycles. The van der Waals surface area contributed by atoms with Crippen LogP contribution in [0.25, 0.3) is 0 Å². The molecule has 1 aromatic rings. The number of benzene rings is 1. The standard InChI is InChI=1S/C18H18Cl4N2O4S/c1-17(19)9-29-15-12(23-11(25)7-10-5-3-2-4-6-10)14(26)24(15)13(17)16(27)28-8-18(20,21)22/h2-6,12-13,15H,7-9H2,1H3,(H,23,25)/t12?,13?,15-,17?/m0/s1. The molecule has 2 aliphatic rings. The summed E-state index contributed by atoms with van der Waals surface area (Å²) in [6.45, 7) is 1.19. The first-order chi connectivity index (χ1) is 13.5. The summed E-state index contributed by atoms with van der Waals surface area (Å²) in [5, 5.41) is 2.33. The summed E-state index contributed by atoms with van der Waals surface area (Å²) in [6, 6.07) is 7.43. The molecule has 0 spiro atoms. The lowest BCUT2D eigenvalue weighted by Gasteiger charge is -2.56. The highest BCUT2D eigenvalue weighted by atomic mass is 35.6. The van der Waals surface area contributed by atoms with E-state index in [2.05, 4.69) is 5.32 Å². The van der Waals surface area contributed by atoms with Gasteiger partial charge in [-0.1, -0.05) is 65.1 Å². The number of esters is 1. The van der Waals surface area contributed by atoms with Gasteiger partial charge in [-0.05, 0) is 12.5 Å². The number of alkyl halides is 4. The van der Waals surface area contributed by atoms with Gasteiger partial charge in [0, 0.05) is 5.75 Å². The number of carbonyl (C=O) groups is 3. The van der Waals surface area contributed by atoms with Gasteiger partial charge in [-0.15, -0.1) is 23.4 Å². The van der Waals surface area contributed by atoms with Crippen molar-refractivity contribution in [2.75, 3.05) is 12.4 Å². The van der Waals surface area contributed by atoms with E-state index >= 15 is 0 Å². The van der Waals surface area contributed by atoms with Crippen LogP contribution in [0.5, 0.6) is 0 Å². The van der Waals surface area contributed by atoms with Crippen molar-refractivity contribution in [3.05, 3.63) is 35.9 Å². The fourth-order valence-corrected chi connectivity index (χ4v) is 5.25. The van der Waals surface area contributed by atoms with Crippen molar-refractivity contribution in [1.82, 2.24) is 10.2 Å². The smallest absolute Gasteiger partial charge is 0.330 e. The number of nitrogens with one attached hydrogen (secondary N) is 1. The molecule has 1 N–H and O–H groups in total. The van der Waals surface area contributed by atoms with Crippen LogP contribution in [0.2, 0.25) is 0 Å². The quantitative estimate of drug-likeness (QED) is 0.383. The van der Waals surface area contributed by atoms with E-state index in [0.717, 1.165) is 5.56 Å². The molecule has 2 amide bonds. The Bertz CT molecular complexity index is 803. The summed E-state index contributed by atoms with van der Waals surface area (Å²) in [5.74, 6) is -1.04. The number of nitrogens with zero attached hydrogens (tertiary/aromatic N) is 1. The van der Waals surface area contributed by atoms with Crippen LogP contribution in [0.3, 0.4) is 0 Å². The fraction of sp³-hybridized carbons (Fsp3) is 0.500. The lowest BCUT2D eigenvalue weighted by Crippen LogP contribution is -2.78. The van der Waals surface area contributed by atoms with Crippen molar-refractivity contribution < 1.29 is 19.1 Å². The third-order valence-corrected chi connectivity index (χ3v) is 7.02. The van der Waals surface area contributed by atoms with E-state index in [0.29, 0.717) is 5.75 Å². The number of hydrogen-bond donors (Lipinski definition) is 1. The number of rotatable bonds is 5. The molecule has 11 heteroatoms. The third kappa shape index (κ3) is 5.25. The van der Waals surface area contributed by atoms with Crippen LogP contribution in [0.15, 0.2) is 30.3 Å². The van der Waals surface area contributed by atoms with E-state index in [1.165, 1.54) is 16.7 Å². The Hall–Kier alpha value is -0.860. The zero-order valence-electron chi connectivity index (χ0n) is 15.2. The minimum absolute atomic E-state index is 0.157. The van der Waals surface area contributed by atoms with Gasteiger partial charge < -0.3 is 15.0 Å². The molecule has 0 saturated carbocycles. The Labute approximate surface area is 192 Å². The predicted octanol–water partition coefficient (Wildman–Crippen LogP) is 2.91. The Morgan fingerprint density at radius 3 is 2.59 bits per heavy atom. The molecule has 2 fully saturated rings. The largest absolute Gasteiger partial charge is 0.460 e. The molecule has 3 unspecified atom stereocenters. The van der Waals surface area contributed by atoms with Gasteiger partial charge in [0.15, 0.2) is 6.04 Å². The summed E-state index contributed by atoms with van der Waals surface area (Å²) in [7, 11) is 0. The van der Waals surface area contributed by atoms with E-state index < -0.39 is 44.6 Å². The van der Waals surface area contributed by atoms with Gasteiger partial charge in [-0.25, -0.2) is 4.79 Å². The van der Waals surface area contributed by atoms with Crippen molar-refractivity contribution in [2.24, 2.45) is 0 Å². The monoisotopic (exact) mass is 498 g/mol. The summed E-state index contributed by atoms with van der Waals surface area (Å²) in [4.78, 5) is 38.0. The second-order valence-electron chi connectivity index (χ2n) is 7.06. The molecule has 6 nitrogen and oxygen atoms in total. The Kier molecular flexibility index (Phi) is 6.85. The van der Waals surface area contributed by atoms with E-state index in [-0.39, 0.29) is 12.3 Å². The van der Waals surface area contributed by atoms with Crippen molar-refractivity contribution in [3.63, 3.8) is 0 Å². The van der Waals surface area contributed by atoms with Crippen LogP contribution in [-0.4, -0.2) is 61.2 Å². The molecule has 2 aliphatic heterocycles. The zero-order valence-corrected chi connectivity index (χ0v) is 19.1. The lowest BCUT2D eigenvalue weighted by atomic mass is 9.94. The number of amides is 2. The molecular weight excluding hydrogens is 482 g/mol. The van der Waals surface area contributed by atoms with Gasteiger partial charge in [-0.2, -0.15) is 0 Å². The molecule has 0 aliphatic carbocycles. The number of thioether (sulfide) groups is 1. The summed E-state index contributed by atoms with van der Waals surface area (Å²) in [6.07, 6.45) is 0.157. The zero-order chi connectivity index (χ0) is 21.4. The van der Waals surface area contributed by atoms with Crippen LogP contribution in [0.1, 0.15) is 12.5 Å². The molecule has 29 heavy (non-hydrogen) atoms. The van der Waals surface area contributed by atoms with Gasteiger partial charge in [-0.3, -0.25) is 9.59 Å². The lowest BCUT2D eigenvalue weighted by molar-refractivity contribution is -0.167. The highest BCUT2D eigenvalue weighted by Crippen LogP contribution is 2.45. The molecule has 0 radical (unpaired) electrons. The molecule has 158 valence electrons. The van der Waals surface area contributed by atoms with Gasteiger partial charge in [0.25, 0.3) is 0 Å². The van der Waals surface area contributed by atoms with Gasteiger partial charge in [0.1, 0.15) is 18.0 Å². The number of hydrogen-bond acceptors (Lipinski definition) is 5. The maximum atomic E-state index is 12.7. The van der Waals surface area contributed by atoms with Crippen LogP contribution in [-0.2, 0) is 25.5 Å². The van der Waals surface area contributed by atoms with E-state index in [1.54, 1.807) is 6.92 Å². The van der Waals surface area contributed by atoms with Crippen molar-refractivity contribution in [3.8, 4) is 0 Å². The third-order valence-electron chi connectivity index (χ3n) is 4.59. The second kappa shape index (κ2) is 8.71.